The van der Waals surface area contributed by atoms with Gasteiger partial charge in [0.25, 0.3) is 0 Å². The summed E-state index contributed by atoms with van der Waals surface area (Å²) in [6, 6.07) is 30.0. The molecule has 3 aromatic carbocycles. The van der Waals surface area contributed by atoms with Gasteiger partial charge in [0.1, 0.15) is 6.54 Å². The summed E-state index contributed by atoms with van der Waals surface area (Å²) in [5.41, 5.74) is 11.7. The highest BCUT2D eigenvalue weighted by Crippen LogP contribution is 2.47. The molecular formula is C32H37N4O2S2+. The minimum Gasteiger partial charge on any atom is -0.335 e. The molecule has 5 rings (SSSR count). The maximum atomic E-state index is 11.5. The van der Waals surface area contributed by atoms with Crippen molar-refractivity contribution >= 4 is 44.5 Å². The highest BCUT2D eigenvalue weighted by Gasteiger charge is 2.26. The maximum absolute atomic E-state index is 11.5. The summed E-state index contributed by atoms with van der Waals surface area (Å²) in [5, 5.41) is 2.43. The average molecular weight is 574 g/mol. The predicted octanol–water partition coefficient (Wildman–Crippen LogP) is 5.77. The van der Waals surface area contributed by atoms with Crippen LogP contribution in [0.5, 0.6) is 0 Å². The Labute approximate surface area is 242 Å². The summed E-state index contributed by atoms with van der Waals surface area (Å²) in [5.74, 6) is 0. The van der Waals surface area contributed by atoms with Crippen molar-refractivity contribution in [3.63, 3.8) is 0 Å². The van der Waals surface area contributed by atoms with Gasteiger partial charge >= 0.3 is 0 Å². The Morgan fingerprint density at radius 3 is 2.48 bits per heavy atom. The van der Waals surface area contributed by atoms with Gasteiger partial charge in [-0.15, -0.1) is 0 Å². The lowest BCUT2D eigenvalue weighted by Crippen LogP contribution is -2.38. The Morgan fingerprint density at radius 2 is 1.68 bits per heavy atom. The molecule has 208 valence electrons. The molecule has 8 heteroatoms. The molecule has 0 fully saturated rings. The summed E-state index contributed by atoms with van der Waals surface area (Å²) >= 11 is 1.83. The number of aryl methyl sites for hydroxylation is 1. The first-order chi connectivity index (χ1) is 19.4. The smallest absolute Gasteiger partial charge is 0.213 e. The zero-order chi connectivity index (χ0) is 28.0. The first-order valence-electron chi connectivity index (χ1n) is 13.9. The van der Waals surface area contributed by atoms with E-state index in [9.17, 15) is 8.42 Å². The number of hydrogen-bond acceptors (Lipinski definition) is 5. The van der Waals surface area contributed by atoms with Crippen molar-refractivity contribution in [2.75, 3.05) is 30.8 Å². The molecule has 6 nitrogen and oxygen atoms in total. The Kier molecular flexibility index (Phi) is 9.22. The summed E-state index contributed by atoms with van der Waals surface area (Å²) in [6.07, 6.45) is 7.21. The van der Waals surface area contributed by atoms with Crippen molar-refractivity contribution < 1.29 is 13.0 Å². The number of fused-ring (bicyclic) bond motifs is 2. The van der Waals surface area contributed by atoms with Crippen LogP contribution in [-0.2, 0) is 16.6 Å². The monoisotopic (exact) mass is 573 g/mol. The van der Waals surface area contributed by atoms with E-state index in [1.165, 1.54) is 38.3 Å². The van der Waals surface area contributed by atoms with E-state index in [1.807, 2.05) is 17.8 Å². The highest BCUT2D eigenvalue weighted by atomic mass is 32.2. The number of thioether (sulfide) groups is 1. The van der Waals surface area contributed by atoms with Crippen molar-refractivity contribution in [1.29, 1.82) is 0 Å². The Balaban J connectivity index is 1.56. The van der Waals surface area contributed by atoms with Gasteiger partial charge in [0, 0.05) is 42.1 Å². The van der Waals surface area contributed by atoms with Gasteiger partial charge in [0.2, 0.25) is 21.2 Å². The molecule has 0 saturated carbocycles. The molecular weight excluding hydrogens is 537 g/mol. The van der Waals surface area contributed by atoms with E-state index >= 15 is 0 Å². The first-order valence-corrected chi connectivity index (χ1v) is 16.6. The van der Waals surface area contributed by atoms with Crippen LogP contribution in [0.4, 0.5) is 5.69 Å². The molecule has 0 radical (unpaired) electrons. The van der Waals surface area contributed by atoms with E-state index in [2.05, 4.69) is 99.1 Å². The van der Waals surface area contributed by atoms with E-state index in [0.29, 0.717) is 13.1 Å². The van der Waals surface area contributed by atoms with Crippen LogP contribution in [0.3, 0.4) is 0 Å². The van der Waals surface area contributed by atoms with Gasteiger partial charge in [0.05, 0.1) is 22.4 Å². The van der Waals surface area contributed by atoms with Crippen LogP contribution in [0.1, 0.15) is 31.2 Å². The quantitative estimate of drug-likeness (QED) is 0.166. The summed E-state index contributed by atoms with van der Waals surface area (Å²) in [6.45, 7) is 2.87. The Hall–Kier alpha value is -3.17. The van der Waals surface area contributed by atoms with Gasteiger partial charge in [-0.2, -0.15) is 4.57 Å². The van der Waals surface area contributed by atoms with Crippen LogP contribution < -0.4 is 19.9 Å². The number of hydrogen-bond donors (Lipinski definition) is 2. The van der Waals surface area contributed by atoms with Crippen LogP contribution in [0.15, 0.2) is 94.9 Å². The van der Waals surface area contributed by atoms with E-state index in [1.54, 1.807) is 0 Å². The van der Waals surface area contributed by atoms with Gasteiger partial charge in [-0.1, -0.05) is 54.2 Å². The molecule has 0 bridgehead atoms. The minimum absolute atomic E-state index is 0.444. The predicted molar refractivity (Wildman–Crippen MR) is 168 cm³/mol. The van der Waals surface area contributed by atoms with Gasteiger partial charge in [-0.25, -0.2) is 13.1 Å². The second-order valence-corrected chi connectivity index (χ2v) is 13.0. The summed E-state index contributed by atoms with van der Waals surface area (Å²) in [4.78, 5) is 3.71. The molecule has 0 unspecified atom stereocenters. The second-order valence-electron chi connectivity index (χ2n) is 10.1. The summed E-state index contributed by atoms with van der Waals surface area (Å²) < 4.78 is 28.0. The lowest BCUT2D eigenvalue weighted by atomic mass is 10.0. The van der Waals surface area contributed by atoms with Crippen molar-refractivity contribution in [2.24, 2.45) is 5.73 Å². The van der Waals surface area contributed by atoms with Gasteiger partial charge in [-0.3, -0.25) is 0 Å². The third kappa shape index (κ3) is 6.75. The average Bonchev–Trinajstić information content (AvgIpc) is 3.30. The van der Waals surface area contributed by atoms with Gasteiger partial charge < -0.3 is 10.6 Å². The number of nitrogens with zero attached hydrogens (tertiary/aromatic N) is 2. The van der Waals surface area contributed by atoms with Crippen molar-refractivity contribution in [2.45, 2.75) is 37.1 Å². The van der Waals surface area contributed by atoms with Crippen LogP contribution in [0.25, 0.3) is 28.2 Å². The van der Waals surface area contributed by atoms with Crippen molar-refractivity contribution in [1.82, 2.24) is 4.72 Å². The number of nitrogens with one attached hydrogen (secondary N) is 1. The van der Waals surface area contributed by atoms with Crippen molar-refractivity contribution in [3.8, 4) is 11.3 Å². The largest absolute Gasteiger partial charge is 0.335 e. The summed E-state index contributed by atoms with van der Waals surface area (Å²) in [7, 11) is -3.18. The lowest BCUT2D eigenvalue weighted by Gasteiger charge is -2.20. The molecule has 0 atom stereocenters. The number of rotatable bonds is 12. The molecule has 40 heavy (non-hydrogen) atoms. The number of benzene rings is 3. The molecule has 1 aliphatic rings. The SMILES string of the molecule is CS(=O)(=O)NCCCC[n+]1c(-c2ccccc2)cc(/C=C2/Sc3ccccc3N2CCCCN)c2ccccc21. The minimum atomic E-state index is -3.18. The zero-order valence-electron chi connectivity index (χ0n) is 22.9. The van der Waals surface area contributed by atoms with Crippen molar-refractivity contribution in [3.05, 3.63) is 95.5 Å². The highest BCUT2D eigenvalue weighted by molar-refractivity contribution is 8.03. The number of anilines is 1. The second kappa shape index (κ2) is 13.0. The van der Waals surface area contributed by atoms with Crippen LogP contribution in [0.2, 0.25) is 0 Å². The molecule has 1 aliphatic heterocycles. The first kappa shape index (κ1) is 28.4. The normalized spacial score (nSPS) is 14.2. The third-order valence-electron chi connectivity index (χ3n) is 7.08. The molecule has 4 aromatic rings. The van der Waals surface area contributed by atoms with E-state index in [-0.39, 0.29) is 0 Å². The number of unbranched alkanes of at least 4 members (excludes halogenated alkanes) is 2. The fourth-order valence-corrected chi connectivity index (χ4v) is 6.84. The zero-order valence-corrected chi connectivity index (χ0v) is 24.6. The van der Waals surface area contributed by atoms with E-state index in [0.717, 1.165) is 50.0 Å². The topological polar surface area (TPSA) is 79.3 Å². The maximum Gasteiger partial charge on any atom is 0.213 e. The van der Waals surface area contributed by atoms with E-state index < -0.39 is 10.0 Å². The Morgan fingerprint density at radius 1 is 0.925 bits per heavy atom. The van der Waals surface area contributed by atoms with Crippen LogP contribution in [-0.4, -0.2) is 34.3 Å². The fourth-order valence-electron chi connectivity index (χ4n) is 5.18. The molecule has 0 spiro atoms. The Bertz CT molecular complexity index is 1600. The number of nitrogens with two attached hydrogens (primary N) is 1. The molecule has 1 aromatic heterocycles. The number of aromatic nitrogens is 1. The molecule has 0 amide bonds. The molecule has 2 heterocycles. The van der Waals surface area contributed by atoms with Gasteiger partial charge in [-0.05, 0) is 67.8 Å². The molecule has 3 N–H and O–H groups in total. The third-order valence-corrected chi connectivity index (χ3v) is 8.92. The van der Waals surface area contributed by atoms with E-state index in [4.69, 9.17) is 5.73 Å². The molecule has 0 saturated heterocycles. The van der Waals surface area contributed by atoms with Crippen LogP contribution >= 0.6 is 11.8 Å². The standard InChI is InChI=1S/C32H37N4O2S2/c1-40(37,38)34-20-10-12-21-35-28-16-6-5-15-27(28)26(23-30(35)25-13-3-2-4-14-25)24-32-36(22-11-9-19-33)29-17-7-8-18-31(29)39-32/h2-8,13-18,23-24,34H,9-12,19-22,33H2,1H3/q+1. The number of sulfonamides is 1. The number of para-hydroxylation sites is 2. The van der Waals surface area contributed by atoms with Gasteiger partial charge in [0.15, 0.2) is 0 Å². The fraction of sp³-hybridized carbons (Fsp3) is 0.281. The number of pyridine rings is 1. The molecule has 0 aliphatic carbocycles. The van der Waals surface area contributed by atoms with Crippen LogP contribution in [0, 0.1) is 0 Å². The lowest BCUT2D eigenvalue weighted by molar-refractivity contribution is -0.661.